The minimum atomic E-state index is -0.130. The first kappa shape index (κ1) is 15.8. The van der Waals surface area contributed by atoms with Crippen LogP contribution in [0.1, 0.15) is 24.5 Å². The Labute approximate surface area is 126 Å². The predicted molar refractivity (Wildman–Crippen MR) is 82.2 cm³/mol. The molecule has 0 saturated carbocycles. The summed E-state index contributed by atoms with van der Waals surface area (Å²) < 4.78 is 10.9. The zero-order valence-electron chi connectivity index (χ0n) is 12.9. The molecule has 2 atom stereocenters. The standard InChI is InChI=1S/C17H23NO3/c1-13-17(8-10-21-13)18(2)12-15-11-16(20-3)7-6-14(15)5-4-9-19/h6-7,11,13,17,19H,8-10,12H2,1-3H3. The van der Waals surface area contributed by atoms with Crippen LogP contribution in [0.2, 0.25) is 0 Å². The number of aliphatic hydroxyl groups excluding tert-OH is 1. The molecule has 1 fully saturated rings. The van der Waals surface area contributed by atoms with Gasteiger partial charge in [-0.05, 0) is 44.2 Å². The molecule has 1 heterocycles. The monoisotopic (exact) mass is 289 g/mol. The molecule has 0 spiro atoms. The molecule has 1 saturated heterocycles. The van der Waals surface area contributed by atoms with Crippen LogP contribution in [-0.4, -0.2) is 49.5 Å². The van der Waals surface area contributed by atoms with Crippen LogP contribution in [0.15, 0.2) is 18.2 Å². The Morgan fingerprint density at radius 1 is 1.48 bits per heavy atom. The lowest BCUT2D eigenvalue weighted by Gasteiger charge is -2.27. The maximum Gasteiger partial charge on any atom is 0.119 e. The van der Waals surface area contributed by atoms with Gasteiger partial charge in [0.2, 0.25) is 0 Å². The smallest absolute Gasteiger partial charge is 0.119 e. The van der Waals surface area contributed by atoms with Gasteiger partial charge in [0.15, 0.2) is 0 Å². The summed E-state index contributed by atoms with van der Waals surface area (Å²) in [6, 6.07) is 6.28. The van der Waals surface area contributed by atoms with Gasteiger partial charge in [0.05, 0.1) is 13.2 Å². The molecule has 0 bridgehead atoms. The molecule has 1 aliphatic rings. The maximum absolute atomic E-state index is 8.88. The first-order chi connectivity index (χ1) is 10.2. The first-order valence-electron chi connectivity index (χ1n) is 7.24. The maximum atomic E-state index is 8.88. The summed E-state index contributed by atoms with van der Waals surface area (Å²) in [5.41, 5.74) is 2.04. The van der Waals surface area contributed by atoms with Crippen molar-refractivity contribution in [2.75, 3.05) is 27.4 Å². The Morgan fingerprint density at radius 2 is 2.29 bits per heavy atom. The highest BCUT2D eigenvalue weighted by atomic mass is 16.5. The summed E-state index contributed by atoms with van der Waals surface area (Å²) in [5, 5.41) is 8.88. The van der Waals surface area contributed by atoms with Crippen molar-refractivity contribution in [3.63, 3.8) is 0 Å². The Kier molecular flexibility index (Phi) is 5.63. The van der Waals surface area contributed by atoms with Gasteiger partial charge in [-0.25, -0.2) is 0 Å². The number of rotatable bonds is 4. The SMILES string of the molecule is COc1ccc(C#CCO)c(CN(C)C2CCOC2C)c1. The largest absolute Gasteiger partial charge is 0.497 e. The zero-order valence-corrected chi connectivity index (χ0v) is 12.9. The molecular weight excluding hydrogens is 266 g/mol. The quantitative estimate of drug-likeness (QED) is 0.856. The highest BCUT2D eigenvalue weighted by molar-refractivity contribution is 5.45. The third kappa shape index (κ3) is 3.98. The summed E-state index contributed by atoms with van der Waals surface area (Å²) >= 11 is 0. The van der Waals surface area contributed by atoms with Crippen LogP contribution in [-0.2, 0) is 11.3 Å². The molecule has 2 unspecified atom stereocenters. The Balaban J connectivity index is 2.19. The molecule has 4 heteroatoms. The van der Waals surface area contributed by atoms with Crippen molar-refractivity contribution >= 4 is 0 Å². The fraction of sp³-hybridized carbons (Fsp3) is 0.529. The van der Waals surface area contributed by atoms with Crippen molar-refractivity contribution in [3.05, 3.63) is 29.3 Å². The molecule has 1 N–H and O–H groups in total. The fourth-order valence-corrected chi connectivity index (χ4v) is 2.77. The van der Waals surface area contributed by atoms with E-state index in [-0.39, 0.29) is 12.7 Å². The Morgan fingerprint density at radius 3 is 2.90 bits per heavy atom. The highest BCUT2D eigenvalue weighted by Gasteiger charge is 2.28. The van der Waals surface area contributed by atoms with Gasteiger partial charge < -0.3 is 14.6 Å². The normalized spacial score (nSPS) is 21.2. The molecule has 0 amide bonds. The average molecular weight is 289 g/mol. The summed E-state index contributed by atoms with van der Waals surface area (Å²) in [4.78, 5) is 2.30. The van der Waals surface area contributed by atoms with Crippen molar-refractivity contribution in [2.24, 2.45) is 0 Å². The molecule has 0 aromatic heterocycles. The predicted octanol–water partition coefficient (Wildman–Crippen LogP) is 1.65. The second-order valence-electron chi connectivity index (χ2n) is 5.33. The van der Waals surface area contributed by atoms with Crippen LogP contribution in [0.5, 0.6) is 5.75 Å². The van der Waals surface area contributed by atoms with Crippen molar-refractivity contribution in [1.82, 2.24) is 4.90 Å². The average Bonchev–Trinajstić information content (AvgIpc) is 2.92. The van der Waals surface area contributed by atoms with Crippen molar-refractivity contribution in [1.29, 1.82) is 0 Å². The molecule has 4 nitrogen and oxygen atoms in total. The molecular formula is C17H23NO3. The van der Waals surface area contributed by atoms with E-state index >= 15 is 0 Å². The van der Waals surface area contributed by atoms with Gasteiger partial charge in [-0.3, -0.25) is 4.90 Å². The van der Waals surface area contributed by atoms with Crippen LogP contribution in [0.3, 0.4) is 0 Å². The van der Waals surface area contributed by atoms with Crippen LogP contribution in [0.4, 0.5) is 0 Å². The van der Waals surface area contributed by atoms with E-state index in [4.69, 9.17) is 14.6 Å². The van der Waals surface area contributed by atoms with Gasteiger partial charge in [-0.15, -0.1) is 0 Å². The second-order valence-corrected chi connectivity index (χ2v) is 5.33. The molecule has 1 aromatic rings. The molecule has 1 aliphatic heterocycles. The minimum Gasteiger partial charge on any atom is -0.497 e. The van der Waals surface area contributed by atoms with E-state index in [0.717, 1.165) is 36.4 Å². The van der Waals surface area contributed by atoms with Crippen molar-refractivity contribution in [2.45, 2.75) is 32.0 Å². The van der Waals surface area contributed by atoms with Gasteiger partial charge in [-0.2, -0.15) is 0 Å². The van der Waals surface area contributed by atoms with Gasteiger partial charge in [-0.1, -0.05) is 11.8 Å². The van der Waals surface area contributed by atoms with E-state index in [1.807, 2.05) is 18.2 Å². The molecule has 21 heavy (non-hydrogen) atoms. The fourth-order valence-electron chi connectivity index (χ4n) is 2.77. The van der Waals surface area contributed by atoms with E-state index in [0.29, 0.717) is 6.04 Å². The lowest BCUT2D eigenvalue weighted by atomic mass is 10.0. The Bertz CT molecular complexity index is 533. The lowest BCUT2D eigenvalue weighted by Crippen LogP contribution is -2.36. The van der Waals surface area contributed by atoms with Gasteiger partial charge in [0.1, 0.15) is 12.4 Å². The van der Waals surface area contributed by atoms with E-state index < -0.39 is 0 Å². The number of likely N-dealkylation sites (N-methyl/N-ethyl adjacent to an activating group) is 1. The first-order valence-corrected chi connectivity index (χ1v) is 7.24. The van der Waals surface area contributed by atoms with Crippen LogP contribution < -0.4 is 4.74 Å². The number of methoxy groups -OCH3 is 1. The van der Waals surface area contributed by atoms with E-state index in [9.17, 15) is 0 Å². The number of hydrogen-bond acceptors (Lipinski definition) is 4. The molecule has 114 valence electrons. The van der Waals surface area contributed by atoms with E-state index in [1.54, 1.807) is 7.11 Å². The van der Waals surface area contributed by atoms with Gasteiger partial charge >= 0.3 is 0 Å². The third-order valence-corrected chi connectivity index (χ3v) is 3.94. The van der Waals surface area contributed by atoms with E-state index in [1.165, 1.54) is 0 Å². The molecule has 0 radical (unpaired) electrons. The topological polar surface area (TPSA) is 41.9 Å². The highest BCUT2D eigenvalue weighted by Crippen LogP contribution is 2.23. The lowest BCUT2D eigenvalue weighted by molar-refractivity contribution is 0.0814. The number of nitrogens with zero attached hydrogens (tertiary/aromatic N) is 1. The summed E-state index contributed by atoms with van der Waals surface area (Å²) in [5.74, 6) is 6.55. The molecule has 0 aliphatic carbocycles. The summed E-state index contributed by atoms with van der Waals surface area (Å²) in [6.07, 6.45) is 1.31. The minimum absolute atomic E-state index is 0.130. The summed E-state index contributed by atoms with van der Waals surface area (Å²) in [7, 11) is 3.77. The van der Waals surface area contributed by atoms with Crippen LogP contribution in [0.25, 0.3) is 0 Å². The van der Waals surface area contributed by atoms with Crippen molar-refractivity contribution in [3.8, 4) is 17.6 Å². The molecule has 2 rings (SSSR count). The zero-order chi connectivity index (χ0) is 15.2. The molecule has 1 aromatic carbocycles. The van der Waals surface area contributed by atoms with Gasteiger partial charge in [0, 0.05) is 24.8 Å². The van der Waals surface area contributed by atoms with Crippen LogP contribution >= 0.6 is 0 Å². The van der Waals surface area contributed by atoms with Gasteiger partial charge in [0.25, 0.3) is 0 Å². The third-order valence-electron chi connectivity index (χ3n) is 3.94. The Hall–Kier alpha value is -1.54. The number of aliphatic hydroxyl groups is 1. The van der Waals surface area contributed by atoms with Crippen LogP contribution in [0, 0.1) is 11.8 Å². The summed E-state index contributed by atoms with van der Waals surface area (Å²) in [6.45, 7) is 3.59. The number of hydrogen-bond donors (Lipinski definition) is 1. The number of benzene rings is 1. The van der Waals surface area contributed by atoms with Crippen molar-refractivity contribution < 1.29 is 14.6 Å². The second kappa shape index (κ2) is 7.46. The van der Waals surface area contributed by atoms with E-state index in [2.05, 4.69) is 30.7 Å². The number of ether oxygens (including phenoxy) is 2.